The van der Waals surface area contributed by atoms with Crippen molar-refractivity contribution in [3.8, 4) is 0 Å². The molecule has 0 radical (unpaired) electrons. The minimum atomic E-state index is -0.867. The van der Waals surface area contributed by atoms with Gasteiger partial charge in [0.15, 0.2) is 0 Å². The molecule has 0 spiro atoms. The highest BCUT2D eigenvalue weighted by atomic mass is 16.4. The van der Waals surface area contributed by atoms with E-state index in [9.17, 15) is 9.90 Å². The van der Waals surface area contributed by atoms with Crippen LogP contribution >= 0.6 is 0 Å². The highest BCUT2D eigenvalue weighted by molar-refractivity contribution is 6.05. The Hall–Kier alpha value is -2.07. The van der Waals surface area contributed by atoms with E-state index >= 15 is 0 Å². The summed E-state index contributed by atoms with van der Waals surface area (Å²) >= 11 is 0. The lowest BCUT2D eigenvalue weighted by molar-refractivity contribution is 0.0686. The molecule has 98 valence electrons. The molecule has 0 saturated carbocycles. The number of nitrogens with one attached hydrogen (secondary N) is 1. The molecule has 1 aliphatic heterocycles. The molecule has 2 aromatic rings. The smallest absolute Gasteiger partial charge is 0.353 e. The van der Waals surface area contributed by atoms with Gasteiger partial charge in [0.1, 0.15) is 5.69 Å². The minimum absolute atomic E-state index is 0.384. The summed E-state index contributed by atoms with van der Waals surface area (Å²) < 4.78 is 1.77. The summed E-state index contributed by atoms with van der Waals surface area (Å²) in [6.45, 7) is 1.70. The van der Waals surface area contributed by atoms with Gasteiger partial charge < -0.3 is 15.0 Å². The van der Waals surface area contributed by atoms with Gasteiger partial charge in [-0.15, -0.1) is 0 Å². The molecule has 0 bridgehead atoms. The van der Waals surface area contributed by atoms with E-state index < -0.39 is 5.97 Å². The molecule has 1 aromatic heterocycles. The Kier molecular flexibility index (Phi) is 2.87. The molecule has 1 aromatic carbocycles. The molecule has 2 heterocycles. The van der Waals surface area contributed by atoms with Gasteiger partial charge in [-0.25, -0.2) is 4.79 Å². The van der Waals surface area contributed by atoms with Crippen LogP contribution in [0.2, 0.25) is 0 Å². The zero-order valence-corrected chi connectivity index (χ0v) is 10.8. The van der Waals surface area contributed by atoms with Crippen LogP contribution in [0.1, 0.15) is 22.5 Å². The Morgan fingerprint density at radius 1 is 1.37 bits per heavy atom. The van der Waals surface area contributed by atoms with Gasteiger partial charge in [0, 0.05) is 30.1 Å². The van der Waals surface area contributed by atoms with E-state index in [0.717, 1.165) is 41.5 Å². The topological polar surface area (TPSA) is 54.3 Å². The average molecular weight is 256 g/mol. The van der Waals surface area contributed by atoms with E-state index in [2.05, 4.69) is 11.4 Å². The Morgan fingerprint density at radius 2 is 2.16 bits per heavy atom. The van der Waals surface area contributed by atoms with Crippen LogP contribution in [0.15, 0.2) is 30.3 Å². The monoisotopic (exact) mass is 256 g/mol. The number of fused-ring (bicyclic) bond motifs is 1. The first-order chi connectivity index (χ1) is 9.20. The number of para-hydroxylation sites is 1. The van der Waals surface area contributed by atoms with Crippen molar-refractivity contribution in [3.05, 3.63) is 41.6 Å². The van der Waals surface area contributed by atoms with E-state index in [4.69, 9.17) is 0 Å². The summed E-state index contributed by atoms with van der Waals surface area (Å²) in [5.74, 6) is -0.867. The molecule has 2 N–H and O–H groups in total. The predicted octanol–water partition coefficient (Wildman–Crippen LogP) is 2.25. The molecule has 0 atom stereocenters. The van der Waals surface area contributed by atoms with E-state index in [-0.39, 0.29) is 0 Å². The van der Waals surface area contributed by atoms with Crippen molar-refractivity contribution in [2.45, 2.75) is 6.42 Å². The fraction of sp³-hybridized carbons (Fsp3) is 0.267. The van der Waals surface area contributed by atoms with Gasteiger partial charge in [-0.3, -0.25) is 0 Å². The fourth-order valence-corrected chi connectivity index (χ4v) is 2.82. The maximum absolute atomic E-state index is 11.6. The molecule has 0 unspecified atom stereocenters. The maximum Gasteiger partial charge on any atom is 0.353 e. The normalized spacial score (nSPS) is 15.5. The fourth-order valence-electron chi connectivity index (χ4n) is 2.82. The number of aromatic carboxylic acids is 1. The Morgan fingerprint density at radius 3 is 2.84 bits per heavy atom. The molecular formula is C15H16N2O2. The Bertz CT molecular complexity index is 683. The van der Waals surface area contributed by atoms with Crippen LogP contribution < -0.4 is 5.32 Å². The minimum Gasteiger partial charge on any atom is -0.477 e. The number of nitrogens with zero attached hydrogens (tertiary/aromatic N) is 1. The third-order valence-corrected chi connectivity index (χ3v) is 3.69. The standard InChI is InChI=1S/C15H16N2O2/c1-17-12-5-3-2-4-11(12)13(14(17)15(18)19)10-6-8-16-9-7-10/h2-6,16H,7-9H2,1H3,(H,18,19). The second-order valence-corrected chi connectivity index (χ2v) is 4.79. The van der Waals surface area contributed by atoms with Gasteiger partial charge in [0.2, 0.25) is 0 Å². The van der Waals surface area contributed by atoms with Gasteiger partial charge in [-0.1, -0.05) is 24.3 Å². The highest BCUT2D eigenvalue weighted by Crippen LogP contribution is 2.33. The Balaban J connectivity index is 2.34. The van der Waals surface area contributed by atoms with Crippen LogP contribution in [-0.2, 0) is 7.05 Å². The molecule has 1 aliphatic rings. The molecule has 0 amide bonds. The lowest BCUT2D eigenvalue weighted by Crippen LogP contribution is -2.20. The zero-order valence-electron chi connectivity index (χ0n) is 10.8. The van der Waals surface area contributed by atoms with Crippen LogP contribution in [0.5, 0.6) is 0 Å². The molecule has 4 heteroatoms. The lowest BCUT2D eigenvalue weighted by Gasteiger charge is -2.14. The summed E-state index contributed by atoms with van der Waals surface area (Å²) in [6, 6.07) is 7.86. The van der Waals surface area contributed by atoms with Crippen LogP contribution in [-0.4, -0.2) is 28.7 Å². The summed E-state index contributed by atoms with van der Waals surface area (Å²) in [7, 11) is 1.82. The molecule has 19 heavy (non-hydrogen) atoms. The third-order valence-electron chi connectivity index (χ3n) is 3.69. The van der Waals surface area contributed by atoms with Crippen molar-refractivity contribution in [3.63, 3.8) is 0 Å². The van der Waals surface area contributed by atoms with Crippen molar-refractivity contribution in [2.75, 3.05) is 13.1 Å². The van der Waals surface area contributed by atoms with Gasteiger partial charge in [-0.05, 0) is 24.6 Å². The van der Waals surface area contributed by atoms with E-state index in [0.29, 0.717) is 5.69 Å². The molecule has 0 aliphatic carbocycles. The van der Waals surface area contributed by atoms with Gasteiger partial charge >= 0.3 is 5.97 Å². The molecule has 0 saturated heterocycles. The first-order valence-electron chi connectivity index (χ1n) is 6.41. The summed E-state index contributed by atoms with van der Waals surface area (Å²) in [4.78, 5) is 11.6. The number of hydrogen-bond donors (Lipinski definition) is 2. The van der Waals surface area contributed by atoms with Crippen molar-refractivity contribution < 1.29 is 9.90 Å². The quantitative estimate of drug-likeness (QED) is 0.866. The zero-order chi connectivity index (χ0) is 13.4. The predicted molar refractivity (Wildman–Crippen MR) is 75.3 cm³/mol. The van der Waals surface area contributed by atoms with Crippen LogP contribution in [0, 0.1) is 0 Å². The first kappa shape index (κ1) is 12.0. The maximum atomic E-state index is 11.6. The number of aryl methyl sites for hydroxylation is 1. The lowest BCUT2D eigenvalue weighted by atomic mass is 9.97. The molecule has 0 fully saturated rings. The number of carboxylic acids is 1. The van der Waals surface area contributed by atoms with Crippen molar-refractivity contribution >= 4 is 22.4 Å². The largest absolute Gasteiger partial charge is 0.477 e. The van der Waals surface area contributed by atoms with Crippen LogP contribution in [0.4, 0.5) is 0 Å². The highest BCUT2D eigenvalue weighted by Gasteiger charge is 2.23. The number of hydrogen-bond acceptors (Lipinski definition) is 2. The molecule has 4 nitrogen and oxygen atoms in total. The van der Waals surface area contributed by atoms with Crippen molar-refractivity contribution in [2.24, 2.45) is 7.05 Å². The SMILES string of the molecule is Cn1c(C(=O)O)c(C2=CCNCC2)c2ccccc21. The first-order valence-corrected chi connectivity index (χ1v) is 6.41. The van der Waals surface area contributed by atoms with Crippen molar-refractivity contribution in [1.82, 2.24) is 9.88 Å². The number of benzene rings is 1. The summed E-state index contributed by atoms with van der Waals surface area (Å²) in [5, 5.41) is 13.8. The number of carboxylic acid groups (broad SMARTS) is 1. The molecule has 3 rings (SSSR count). The van der Waals surface area contributed by atoms with E-state index in [1.165, 1.54) is 0 Å². The number of aromatic nitrogens is 1. The van der Waals surface area contributed by atoms with Crippen molar-refractivity contribution in [1.29, 1.82) is 0 Å². The van der Waals surface area contributed by atoms with Crippen LogP contribution in [0.3, 0.4) is 0 Å². The Labute approximate surface area is 111 Å². The van der Waals surface area contributed by atoms with Gasteiger partial charge in [0.05, 0.1) is 0 Å². The number of carbonyl (C=O) groups is 1. The van der Waals surface area contributed by atoms with E-state index in [1.807, 2.05) is 31.3 Å². The molecular weight excluding hydrogens is 240 g/mol. The third kappa shape index (κ3) is 1.85. The second-order valence-electron chi connectivity index (χ2n) is 4.79. The van der Waals surface area contributed by atoms with Gasteiger partial charge in [-0.2, -0.15) is 0 Å². The summed E-state index contributed by atoms with van der Waals surface area (Å²) in [5.41, 5.74) is 3.36. The van der Waals surface area contributed by atoms with E-state index in [1.54, 1.807) is 4.57 Å². The average Bonchev–Trinajstić information content (AvgIpc) is 2.74. The number of rotatable bonds is 2. The second kappa shape index (κ2) is 4.55. The van der Waals surface area contributed by atoms with Gasteiger partial charge in [0.25, 0.3) is 0 Å². The van der Waals surface area contributed by atoms with Crippen LogP contribution in [0.25, 0.3) is 16.5 Å². The summed E-state index contributed by atoms with van der Waals surface area (Å²) in [6.07, 6.45) is 2.96.